The molecule has 0 spiro atoms. The molecule has 8 nitrogen and oxygen atoms in total. The minimum atomic E-state index is -0.545. The molecule has 9 heteroatoms. The van der Waals surface area contributed by atoms with Gasteiger partial charge in [-0.3, -0.25) is 9.59 Å². The van der Waals surface area contributed by atoms with Gasteiger partial charge in [0.25, 0.3) is 5.91 Å². The van der Waals surface area contributed by atoms with Crippen LogP contribution in [0, 0.1) is 12.7 Å². The summed E-state index contributed by atoms with van der Waals surface area (Å²) in [6.07, 6.45) is 4.76. The van der Waals surface area contributed by atoms with Crippen LogP contribution in [0.5, 0.6) is 6.01 Å². The molecule has 1 aliphatic rings. The van der Waals surface area contributed by atoms with Gasteiger partial charge in [0.1, 0.15) is 17.3 Å². The van der Waals surface area contributed by atoms with Crippen molar-refractivity contribution in [2.75, 3.05) is 13.1 Å². The number of likely N-dealkylation sites (tertiary alicyclic amines) is 1. The first kappa shape index (κ1) is 19.9. The molecule has 156 valence electrons. The number of aromatic nitrogens is 4. The fraction of sp³-hybridized carbons (Fsp3) is 0.381. The number of amides is 1. The molecular weight excluding hydrogens is 389 g/mol. The molecule has 1 fully saturated rings. The van der Waals surface area contributed by atoms with E-state index in [1.54, 1.807) is 23.2 Å². The predicted molar refractivity (Wildman–Crippen MR) is 108 cm³/mol. The summed E-state index contributed by atoms with van der Waals surface area (Å²) in [5, 5.41) is 0.429. The second-order valence-corrected chi connectivity index (χ2v) is 7.30. The third-order valence-corrected chi connectivity index (χ3v) is 5.17. The van der Waals surface area contributed by atoms with Crippen molar-refractivity contribution in [2.24, 2.45) is 0 Å². The van der Waals surface area contributed by atoms with Gasteiger partial charge in [-0.05, 0) is 38.8 Å². The first-order valence-electron chi connectivity index (χ1n) is 9.90. The molecule has 0 radical (unpaired) electrons. The highest BCUT2D eigenvalue weighted by Crippen LogP contribution is 2.18. The smallest absolute Gasteiger partial charge is 0.316 e. The molecule has 30 heavy (non-hydrogen) atoms. The van der Waals surface area contributed by atoms with Crippen LogP contribution >= 0.6 is 0 Å². The number of piperidine rings is 1. The highest BCUT2D eigenvalue weighted by Gasteiger charge is 2.28. The Hall–Kier alpha value is -3.36. The average molecular weight is 411 g/mol. The van der Waals surface area contributed by atoms with Gasteiger partial charge < -0.3 is 14.2 Å². The van der Waals surface area contributed by atoms with Crippen LogP contribution in [0.2, 0.25) is 0 Å². The molecule has 0 aromatic carbocycles. The van der Waals surface area contributed by atoms with Crippen LogP contribution in [-0.2, 0) is 6.54 Å². The molecule has 4 rings (SSSR count). The van der Waals surface area contributed by atoms with E-state index in [2.05, 4.69) is 15.0 Å². The number of aryl methyl sites for hydroxylation is 2. The van der Waals surface area contributed by atoms with E-state index < -0.39 is 5.82 Å². The molecular formula is C21H22FN5O3. The number of fused-ring (bicyclic) bond motifs is 1. The quantitative estimate of drug-likeness (QED) is 0.655. The van der Waals surface area contributed by atoms with E-state index in [-0.39, 0.29) is 29.0 Å². The van der Waals surface area contributed by atoms with Gasteiger partial charge in [0.05, 0.1) is 24.3 Å². The minimum Gasteiger partial charge on any atom is -0.458 e. The number of rotatable bonds is 4. The molecule has 3 aromatic rings. The fourth-order valence-electron chi connectivity index (χ4n) is 3.65. The monoisotopic (exact) mass is 411 g/mol. The first-order valence-corrected chi connectivity index (χ1v) is 9.90. The lowest BCUT2D eigenvalue weighted by Crippen LogP contribution is -2.45. The molecule has 0 N–H and O–H groups in total. The number of nitrogens with zero attached hydrogens (tertiary/aromatic N) is 5. The number of carbonyl (C=O) groups is 1. The molecule has 1 aliphatic heterocycles. The van der Waals surface area contributed by atoms with E-state index in [0.717, 1.165) is 18.1 Å². The van der Waals surface area contributed by atoms with Crippen LogP contribution in [0.1, 0.15) is 35.8 Å². The van der Waals surface area contributed by atoms with Crippen LogP contribution in [0.4, 0.5) is 4.39 Å². The maximum atomic E-state index is 13.2. The Morgan fingerprint density at radius 1 is 1.30 bits per heavy atom. The van der Waals surface area contributed by atoms with Crippen molar-refractivity contribution < 1.29 is 13.9 Å². The molecule has 0 aliphatic carbocycles. The highest BCUT2D eigenvalue weighted by atomic mass is 19.1. The van der Waals surface area contributed by atoms with E-state index in [9.17, 15) is 14.0 Å². The second-order valence-electron chi connectivity index (χ2n) is 7.30. The number of halogens is 1. The Bertz CT molecular complexity index is 1150. The van der Waals surface area contributed by atoms with Crippen molar-refractivity contribution in [3.05, 3.63) is 58.0 Å². The SMILES string of the molecule is CCn1cc(C(=O)N2CCCC(Oc3ncc(F)cn3)C2)c(=O)c2ccc(C)nc21. The van der Waals surface area contributed by atoms with Gasteiger partial charge in [-0.1, -0.05) is 0 Å². The minimum absolute atomic E-state index is 0.0659. The van der Waals surface area contributed by atoms with Crippen LogP contribution < -0.4 is 10.2 Å². The Balaban J connectivity index is 1.60. The summed E-state index contributed by atoms with van der Waals surface area (Å²) in [6.45, 7) is 5.21. The Morgan fingerprint density at radius 3 is 2.80 bits per heavy atom. The standard InChI is InChI=1S/C21H22FN5O3/c1-3-26-12-17(18(28)16-7-6-13(2)25-19(16)26)20(29)27-8-4-5-15(11-27)30-21-23-9-14(22)10-24-21/h6-7,9-10,12,15H,3-5,8,11H2,1-2H3. The lowest BCUT2D eigenvalue weighted by atomic mass is 10.1. The lowest BCUT2D eigenvalue weighted by Gasteiger charge is -2.32. The summed E-state index contributed by atoms with van der Waals surface area (Å²) in [5.41, 5.74) is 1.18. The summed E-state index contributed by atoms with van der Waals surface area (Å²) in [5.74, 6) is -0.881. The third kappa shape index (κ3) is 3.87. The van der Waals surface area contributed by atoms with E-state index in [4.69, 9.17) is 4.74 Å². The number of pyridine rings is 2. The Labute approximate surface area is 172 Å². The fourth-order valence-corrected chi connectivity index (χ4v) is 3.65. The van der Waals surface area contributed by atoms with E-state index >= 15 is 0 Å². The van der Waals surface area contributed by atoms with Gasteiger partial charge in [0, 0.05) is 25.0 Å². The van der Waals surface area contributed by atoms with Crippen molar-refractivity contribution in [3.63, 3.8) is 0 Å². The highest BCUT2D eigenvalue weighted by molar-refractivity contribution is 5.97. The van der Waals surface area contributed by atoms with Gasteiger partial charge in [-0.25, -0.2) is 19.3 Å². The maximum absolute atomic E-state index is 13.2. The third-order valence-electron chi connectivity index (χ3n) is 5.17. The normalized spacial score (nSPS) is 16.6. The Kier molecular flexibility index (Phi) is 5.43. The molecule has 4 heterocycles. The molecule has 1 saturated heterocycles. The van der Waals surface area contributed by atoms with Gasteiger partial charge in [0.2, 0.25) is 5.43 Å². The summed E-state index contributed by atoms with van der Waals surface area (Å²) in [7, 11) is 0. The van der Waals surface area contributed by atoms with Crippen molar-refractivity contribution in [3.8, 4) is 6.01 Å². The van der Waals surface area contributed by atoms with Gasteiger partial charge in [0.15, 0.2) is 5.82 Å². The van der Waals surface area contributed by atoms with Crippen molar-refractivity contribution in [1.82, 2.24) is 24.4 Å². The first-order chi connectivity index (χ1) is 14.5. The lowest BCUT2D eigenvalue weighted by molar-refractivity contribution is 0.0513. The molecule has 1 unspecified atom stereocenters. The average Bonchev–Trinajstić information content (AvgIpc) is 2.75. The molecule has 0 saturated carbocycles. The predicted octanol–water partition coefficient (Wildman–Crippen LogP) is 2.34. The number of hydrogen-bond donors (Lipinski definition) is 0. The van der Waals surface area contributed by atoms with E-state index in [1.165, 1.54) is 0 Å². The molecule has 1 atom stereocenters. The van der Waals surface area contributed by atoms with Crippen LogP contribution in [0.3, 0.4) is 0 Å². The van der Waals surface area contributed by atoms with Crippen LogP contribution in [-0.4, -0.2) is 49.5 Å². The molecule has 1 amide bonds. The number of ether oxygens (including phenoxy) is 1. The van der Waals surface area contributed by atoms with Crippen molar-refractivity contribution >= 4 is 16.9 Å². The summed E-state index contributed by atoms with van der Waals surface area (Å²) >= 11 is 0. The van der Waals surface area contributed by atoms with E-state index in [1.807, 2.05) is 18.4 Å². The van der Waals surface area contributed by atoms with Gasteiger partial charge in [-0.15, -0.1) is 0 Å². The number of carbonyl (C=O) groups excluding carboxylic acids is 1. The van der Waals surface area contributed by atoms with Crippen LogP contribution in [0.15, 0.2) is 35.5 Å². The zero-order valence-corrected chi connectivity index (χ0v) is 16.8. The summed E-state index contributed by atoms with van der Waals surface area (Å²) in [6, 6.07) is 3.55. The zero-order chi connectivity index (χ0) is 21.3. The zero-order valence-electron chi connectivity index (χ0n) is 16.8. The molecule has 3 aromatic heterocycles. The summed E-state index contributed by atoms with van der Waals surface area (Å²) < 4.78 is 20.5. The van der Waals surface area contributed by atoms with Crippen LogP contribution in [0.25, 0.3) is 11.0 Å². The summed E-state index contributed by atoms with van der Waals surface area (Å²) in [4.78, 5) is 39.9. The number of hydrogen-bond acceptors (Lipinski definition) is 6. The van der Waals surface area contributed by atoms with Crippen molar-refractivity contribution in [2.45, 2.75) is 39.3 Å². The second kappa shape index (κ2) is 8.17. The molecule has 0 bridgehead atoms. The van der Waals surface area contributed by atoms with Gasteiger partial charge in [-0.2, -0.15) is 0 Å². The topological polar surface area (TPSA) is 90.2 Å². The maximum Gasteiger partial charge on any atom is 0.316 e. The van der Waals surface area contributed by atoms with E-state index in [0.29, 0.717) is 43.5 Å². The van der Waals surface area contributed by atoms with Gasteiger partial charge >= 0.3 is 6.01 Å². The largest absolute Gasteiger partial charge is 0.458 e. The van der Waals surface area contributed by atoms with Crippen molar-refractivity contribution in [1.29, 1.82) is 0 Å². The Morgan fingerprint density at radius 2 is 2.07 bits per heavy atom.